The summed E-state index contributed by atoms with van der Waals surface area (Å²) in [5.41, 5.74) is 0.948. The largest absolute Gasteiger partial charge is 0.497 e. The van der Waals surface area contributed by atoms with E-state index in [9.17, 15) is 9.59 Å². The Kier molecular flexibility index (Phi) is 6.49. The number of thioether (sulfide) groups is 1. The maximum absolute atomic E-state index is 12.2. The molecule has 128 valence electrons. The zero-order chi connectivity index (χ0) is 17.5. The van der Waals surface area contributed by atoms with Crippen molar-refractivity contribution in [3.63, 3.8) is 0 Å². The summed E-state index contributed by atoms with van der Waals surface area (Å²) in [5.74, 6) is 0.286. The van der Waals surface area contributed by atoms with E-state index in [-0.39, 0.29) is 17.6 Å². The van der Waals surface area contributed by atoms with Crippen LogP contribution in [0, 0.1) is 0 Å². The molecule has 24 heavy (non-hydrogen) atoms. The van der Waals surface area contributed by atoms with Crippen molar-refractivity contribution in [3.8, 4) is 5.75 Å². The van der Waals surface area contributed by atoms with Gasteiger partial charge < -0.3 is 15.2 Å². The number of methoxy groups -OCH3 is 1. The van der Waals surface area contributed by atoms with Crippen molar-refractivity contribution in [2.75, 3.05) is 25.2 Å². The fourth-order valence-corrected chi connectivity index (χ4v) is 2.91. The van der Waals surface area contributed by atoms with E-state index < -0.39 is 5.97 Å². The highest BCUT2D eigenvalue weighted by atomic mass is 32.2. The summed E-state index contributed by atoms with van der Waals surface area (Å²) >= 11 is 1.29. The third-order valence-electron chi connectivity index (χ3n) is 3.74. The molecule has 0 aromatic heterocycles. The van der Waals surface area contributed by atoms with Gasteiger partial charge in [0, 0.05) is 12.3 Å². The summed E-state index contributed by atoms with van der Waals surface area (Å²) in [4.78, 5) is 22.6. The van der Waals surface area contributed by atoms with Gasteiger partial charge in [0.15, 0.2) is 0 Å². The van der Waals surface area contributed by atoms with Crippen molar-refractivity contribution < 1.29 is 19.4 Å². The van der Waals surface area contributed by atoms with Gasteiger partial charge in [0.05, 0.1) is 18.8 Å². The van der Waals surface area contributed by atoms with Crippen LogP contribution in [0.2, 0.25) is 0 Å². The van der Waals surface area contributed by atoms with Crippen LogP contribution in [0.1, 0.15) is 18.4 Å². The Morgan fingerprint density at radius 2 is 1.92 bits per heavy atom. The summed E-state index contributed by atoms with van der Waals surface area (Å²) in [6.45, 7) is 2.33. The Labute approximate surface area is 145 Å². The third kappa shape index (κ3) is 4.89. The van der Waals surface area contributed by atoms with E-state index in [1.165, 1.54) is 11.8 Å². The minimum Gasteiger partial charge on any atom is -0.497 e. The van der Waals surface area contributed by atoms with E-state index in [1.807, 2.05) is 43.3 Å². The lowest BCUT2D eigenvalue weighted by Crippen LogP contribution is -2.30. The Bertz CT molecular complexity index is 732. The second-order valence-electron chi connectivity index (χ2n) is 5.43. The number of carbonyl (C=O) groups is 2. The van der Waals surface area contributed by atoms with E-state index >= 15 is 0 Å². The van der Waals surface area contributed by atoms with Crippen LogP contribution in [-0.2, 0) is 9.59 Å². The number of nitrogens with one attached hydrogen (secondary N) is 1. The molecule has 0 fully saturated rings. The molecule has 2 N–H and O–H groups in total. The second-order valence-corrected chi connectivity index (χ2v) is 6.54. The lowest BCUT2D eigenvalue weighted by Gasteiger charge is -2.13. The number of hydrogen-bond donors (Lipinski definition) is 2. The molecule has 0 aliphatic carbocycles. The highest BCUT2D eigenvalue weighted by molar-refractivity contribution is 7.99. The monoisotopic (exact) mass is 347 g/mol. The first-order valence-corrected chi connectivity index (χ1v) is 8.81. The number of carboxylic acids is 1. The zero-order valence-electron chi connectivity index (χ0n) is 13.7. The van der Waals surface area contributed by atoms with Crippen LogP contribution in [0.25, 0.3) is 10.8 Å². The molecule has 5 nitrogen and oxygen atoms in total. The molecule has 0 spiro atoms. The highest BCUT2D eigenvalue weighted by Gasteiger charge is 2.15. The quantitative estimate of drug-likeness (QED) is 0.718. The first-order valence-electron chi connectivity index (χ1n) is 7.66. The van der Waals surface area contributed by atoms with Gasteiger partial charge in [-0.25, -0.2) is 0 Å². The SMILES string of the molecule is COc1ccc2cc([C@H](C)C(=O)NCCSCC(=O)O)ccc2c1. The summed E-state index contributed by atoms with van der Waals surface area (Å²) in [6, 6.07) is 11.8. The molecule has 6 heteroatoms. The Hall–Kier alpha value is -2.21. The summed E-state index contributed by atoms with van der Waals surface area (Å²) in [6.07, 6.45) is 0. The molecular weight excluding hydrogens is 326 g/mol. The van der Waals surface area contributed by atoms with E-state index in [4.69, 9.17) is 9.84 Å². The molecule has 0 aliphatic heterocycles. The number of fused-ring (bicyclic) bond motifs is 1. The fraction of sp³-hybridized carbons (Fsp3) is 0.333. The van der Waals surface area contributed by atoms with Crippen LogP contribution < -0.4 is 10.1 Å². The molecule has 0 unspecified atom stereocenters. The normalized spacial score (nSPS) is 11.9. The number of amides is 1. The van der Waals surface area contributed by atoms with Gasteiger partial charge in [-0.2, -0.15) is 0 Å². The summed E-state index contributed by atoms with van der Waals surface area (Å²) in [7, 11) is 1.64. The lowest BCUT2D eigenvalue weighted by molar-refractivity contribution is -0.133. The van der Waals surface area contributed by atoms with Gasteiger partial charge in [0.25, 0.3) is 0 Å². The summed E-state index contributed by atoms with van der Waals surface area (Å²) in [5, 5.41) is 13.5. The van der Waals surface area contributed by atoms with Gasteiger partial charge in [0.2, 0.25) is 5.91 Å². The number of benzene rings is 2. The molecule has 0 radical (unpaired) electrons. The number of rotatable bonds is 8. The van der Waals surface area contributed by atoms with Gasteiger partial charge in [-0.15, -0.1) is 11.8 Å². The number of carboxylic acid groups (broad SMARTS) is 1. The van der Waals surface area contributed by atoms with Gasteiger partial charge >= 0.3 is 5.97 Å². The molecule has 2 aromatic carbocycles. The Morgan fingerprint density at radius 1 is 1.21 bits per heavy atom. The van der Waals surface area contributed by atoms with Crippen molar-refractivity contribution in [3.05, 3.63) is 42.0 Å². The standard InChI is InChI=1S/C18H21NO4S/c1-12(18(22)19-7-8-24-11-17(20)21)13-3-4-15-10-16(23-2)6-5-14(15)9-13/h3-6,9-10,12H,7-8,11H2,1-2H3,(H,19,22)(H,20,21)/t12-/m0/s1. The maximum Gasteiger partial charge on any atom is 0.313 e. The Balaban J connectivity index is 1.95. The lowest BCUT2D eigenvalue weighted by atomic mass is 9.97. The van der Waals surface area contributed by atoms with Crippen LogP contribution in [0.5, 0.6) is 5.75 Å². The highest BCUT2D eigenvalue weighted by Crippen LogP contribution is 2.25. The van der Waals surface area contributed by atoms with Crippen molar-refractivity contribution in [2.24, 2.45) is 0 Å². The minimum atomic E-state index is -0.840. The first-order chi connectivity index (χ1) is 11.5. The molecule has 0 aliphatic rings. The van der Waals surface area contributed by atoms with Crippen molar-refractivity contribution in [2.45, 2.75) is 12.8 Å². The average molecular weight is 347 g/mol. The number of aliphatic carboxylic acids is 1. The van der Waals surface area contributed by atoms with Gasteiger partial charge in [0.1, 0.15) is 5.75 Å². The predicted octanol–water partition coefficient (Wildman–Crippen LogP) is 2.89. The molecular formula is C18H21NO4S. The van der Waals surface area contributed by atoms with E-state index in [0.717, 1.165) is 22.1 Å². The van der Waals surface area contributed by atoms with Gasteiger partial charge in [-0.05, 0) is 35.4 Å². The van der Waals surface area contributed by atoms with Crippen LogP contribution in [0.4, 0.5) is 0 Å². The van der Waals surface area contributed by atoms with Gasteiger partial charge in [-0.1, -0.05) is 24.3 Å². The molecule has 0 bridgehead atoms. The van der Waals surface area contributed by atoms with Crippen molar-refractivity contribution in [1.29, 1.82) is 0 Å². The Morgan fingerprint density at radius 3 is 2.62 bits per heavy atom. The van der Waals surface area contributed by atoms with Crippen LogP contribution in [0.15, 0.2) is 36.4 Å². The molecule has 1 amide bonds. The zero-order valence-corrected chi connectivity index (χ0v) is 14.6. The molecule has 2 aromatic rings. The van der Waals surface area contributed by atoms with Gasteiger partial charge in [-0.3, -0.25) is 9.59 Å². The van der Waals surface area contributed by atoms with Crippen molar-refractivity contribution in [1.82, 2.24) is 5.32 Å². The van der Waals surface area contributed by atoms with E-state index in [0.29, 0.717) is 12.3 Å². The van der Waals surface area contributed by atoms with Crippen molar-refractivity contribution >= 4 is 34.4 Å². The molecule has 0 saturated heterocycles. The molecule has 1 atom stereocenters. The topological polar surface area (TPSA) is 75.6 Å². The number of hydrogen-bond acceptors (Lipinski definition) is 4. The van der Waals surface area contributed by atoms with E-state index in [1.54, 1.807) is 7.11 Å². The minimum absolute atomic E-state index is 0.0551. The number of ether oxygens (including phenoxy) is 1. The second kappa shape index (κ2) is 8.59. The first kappa shape index (κ1) is 18.1. The molecule has 2 rings (SSSR count). The third-order valence-corrected chi connectivity index (χ3v) is 4.68. The average Bonchev–Trinajstić information content (AvgIpc) is 2.59. The predicted molar refractivity (Wildman–Crippen MR) is 96.9 cm³/mol. The van der Waals surface area contributed by atoms with Crippen LogP contribution in [-0.4, -0.2) is 42.1 Å². The molecule has 0 heterocycles. The van der Waals surface area contributed by atoms with Crippen LogP contribution >= 0.6 is 11.8 Å². The molecule has 0 saturated carbocycles. The summed E-state index contributed by atoms with van der Waals surface area (Å²) < 4.78 is 5.21. The van der Waals surface area contributed by atoms with E-state index in [2.05, 4.69) is 5.32 Å². The number of carbonyl (C=O) groups excluding carboxylic acids is 1. The smallest absolute Gasteiger partial charge is 0.313 e. The fourth-order valence-electron chi connectivity index (χ4n) is 2.35. The van der Waals surface area contributed by atoms with Crippen LogP contribution in [0.3, 0.4) is 0 Å². The maximum atomic E-state index is 12.2.